The Morgan fingerprint density at radius 1 is 1.14 bits per heavy atom. The topological polar surface area (TPSA) is 66.4 Å². The molecule has 21 heavy (non-hydrogen) atoms. The second-order valence-electron chi connectivity index (χ2n) is 5.50. The molecule has 2 aromatic rings. The number of hydrogen-bond donors (Lipinski definition) is 2. The van der Waals surface area contributed by atoms with E-state index in [0.29, 0.717) is 12.8 Å². The Hall–Kier alpha value is -1.88. The molecule has 1 aliphatic rings. The van der Waals surface area contributed by atoms with Gasteiger partial charge in [0.05, 0.1) is 11.8 Å². The summed E-state index contributed by atoms with van der Waals surface area (Å²) in [6.07, 6.45) is 3.06. The third-order valence-corrected chi connectivity index (χ3v) is 5.04. The maximum Gasteiger partial charge on any atom is 0.307 e. The molecule has 110 valence electrons. The quantitative estimate of drug-likeness (QED) is 0.908. The summed E-state index contributed by atoms with van der Waals surface area (Å²) >= 11 is 1.66. The molecule has 1 saturated carbocycles. The monoisotopic (exact) mass is 303 g/mol. The van der Waals surface area contributed by atoms with Crippen LogP contribution >= 0.6 is 11.3 Å². The first-order chi connectivity index (χ1) is 10.1. The zero-order chi connectivity index (χ0) is 14.8. The van der Waals surface area contributed by atoms with Crippen molar-refractivity contribution in [3.63, 3.8) is 0 Å². The van der Waals surface area contributed by atoms with Crippen molar-refractivity contribution in [2.45, 2.75) is 25.7 Å². The van der Waals surface area contributed by atoms with Crippen molar-refractivity contribution in [2.75, 3.05) is 5.32 Å². The van der Waals surface area contributed by atoms with Gasteiger partial charge in [-0.15, -0.1) is 11.3 Å². The zero-order valence-electron chi connectivity index (χ0n) is 11.5. The predicted molar refractivity (Wildman–Crippen MR) is 83.5 cm³/mol. The molecule has 4 nitrogen and oxygen atoms in total. The Morgan fingerprint density at radius 2 is 1.90 bits per heavy atom. The molecule has 1 aromatic heterocycles. The Kier molecular flexibility index (Phi) is 3.92. The van der Waals surface area contributed by atoms with Gasteiger partial charge in [-0.25, -0.2) is 0 Å². The number of carboxylic acids is 1. The number of carboxylic acid groups (broad SMARTS) is 1. The van der Waals surface area contributed by atoms with E-state index in [-0.39, 0.29) is 5.91 Å². The van der Waals surface area contributed by atoms with Crippen molar-refractivity contribution >= 4 is 39.0 Å². The number of benzene rings is 1. The maximum atomic E-state index is 12.4. The van der Waals surface area contributed by atoms with Crippen molar-refractivity contribution in [1.29, 1.82) is 0 Å². The molecule has 5 heteroatoms. The van der Waals surface area contributed by atoms with Crippen molar-refractivity contribution in [3.8, 4) is 0 Å². The molecule has 1 aliphatic carbocycles. The molecular weight excluding hydrogens is 286 g/mol. The Bertz CT molecular complexity index is 679. The zero-order valence-corrected chi connectivity index (χ0v) is 12.4. The summed E-state index contributed by atoms with van der Waals surface area (Å²) in [4.78, 5) is 23.7. The lowest BCUT2D eigenvalue weighted by molar-refractivity contribution is -0.147. The van der Waals surface area contributed by atoms with Crippen molar-refractivity contribution in [2.24, 2.45) is 11.8 Å². The van der Waals surface area contributed by atoms with Crippen LogP contribution in [0.1, 0.15) is 25.7 Å². The smallest absolute Gasteiger partial charge is 0.307 e. The highest BCUT2D eigenvalue weighted by Gasteiger charge is 2.35. The van der Waals surface area contributed by atoms with Gasteiger partial charge in [-0.05, 0) is 47.9 Å². The highest BCUT2D eigenvalue weighted by molar-refractivity contribution is 7.17. The number of fused-ring (bicyclic) bond motifs is 1. The van der Waals surface area contributed by atoms with Crippen LogP contribution in [0.4, 0.5) is 5.69 Å². The van der Waals surface area contributed by atoms with Crippen LogP contribution in [-0.2, 0) is 9.59 Å². The van der Waals surface area contributed by atoms with Gasteiger partial charge in [0, 0.05) is 10.4 Å². The van der Waals surface area contributed by atoms with E-state index in [4.69, 9.17) is 0 Å². The van der Waals surface area contributed by atoms with Gasteiger partial charge in [0.15, 0.2) is 0 Å². The number of carbonyl (C=O) groups is 2. The number of aliphatic carboxylic acids is 1. The molecule has 1 heterocycles. The summed E-state index contributed by atoms with van der Waals surface area (Å²) < 4.78 is 1.18. The SMILES string of the molecule is O=C(O)C1CCCCC1C(=O)Nc1ccc2sccc2c1. The molecular formula is C16H17NO3S. The van der Waals surface area contributed by atoms with E-state index >= 15 is 0 Å². The summed E-state index contributed by atoms with van der Waals surface area (Å²) in [5.41, 5.74) is 0.737. The standard InChI is InChI=1S/C16H17NO3S/c18-15(12-3-1-2-4-13(12)16(19)20)17-11-5-6-14-10(9-11)7-8-21-14/h5-9,12-13H,1-4H2,(H,17,18)(H,19,20). The highest BCUT2D eigenvalue weighted by Crippen LogP contribution is 2.32. The molecule has 2 atom stereocenters. The lowest BCUT2D eigenvalue weighted by Crippen LogP contribution is -2.36. The first-order valence-corrected chi connectivity index (χ1v) is 8.04. The minimum absolute atomic E-state index is 0.170. The number of hydrogen-bond acceptors (Lipinski definition) is 3. The van der Waals surface area contributed by atoms with E-state index in [0.717, 1.165) is 23.9 Å². The first-order valence-electron chi connectivity index (χ1n) is 7.16. The molecule has 3 rings (SSSR count). The minimum Gasteiger partial charge on any atom is -0.481 e. The third kappa shape index (κ3) is 2.93. The van der Waals surface area contributed by atoms with Crippen LogP contribution in [-0.4, -0.2) is 17.0 Å². The fourth-order valence-corrected chi connectivity index (χ4v) is 3.79. The minimum atomic E-state index is -0.858. The normalized spacial score (nSPS) is 22.1. The molecule has 1 aromatic carbocycles. The Balaban J connectivity index is 1.76. The van der Waals surface area contributed by atoms with Crippen LogP contribution in [0.15, 0.2) is 29.6 Å². The number of amides is 1. The van der Waals surface area contributed by atoms with Crippen LogP contribution in [0.3, 0.4) is 0 Å². The fraction of sp³-hybridized carbons (Fsp3) is 0.375. The molecule has 0 bridgehead atoms. The van der Waals surface area contributed by atoms with Gasteiger partial charge in [-0.1, -0.05) is 12.8 Å². The van der Waals surface area contributed by atoms with E-state index < -0.39 is 17.8 Å². The van der Waals surface area contributed by atoms with Crippen molar-refractivity contribution in [1.82, 2.24) is 0 Å². The average Bonchev–Trinajstić information content (AvgIpc) is 2.94. The highest BCUT2D eigenvalue weighted by atomic mass is 32.1. The van der Waals surface area contributed by atoms with Crippen LogP contribution in [0.5, 0.6) is 0 Å². The van der Waals surface area contributed by atoms with Crippen LogP contribution in [0.25, 0.3) is 10.1 Å². The Morgan fingerprint density at radius 3 is 2.67 bits per heavy atom. The number of thiophene rings is 1. The number of carbonyl (C=O) groups excluding carboxylic acids is 1. The number of anilines is 1. The molecule has 0 radical (unpaired) electrons. The summed E-state index contributed by atoms with van der Waals surface area (Å²) in [7, 11) is 0. The van der Waals surface area contributed by atoms with Gasteiger partial charge in [-0.3, -0.25) is 9.59 Å². The van der Waals surface area contributed by atoms with E-state index in [1.807, 2.05) is 29.6 Å². The number of nitrogens with one attached hydrogen (secondary N) is 1. The molecule has 0 spiro atoms. The van der Waals surface area contributed by atoms with Gasteiger partial charge >= 0.3 is 5.97 Å². The van der Waals surface area contributed by atoms with Gasteiger partial charge in [0.2, 0.25) is 5.91 Å². The van der Waals surface area contributed by atoms with E-state index in [1.165, 1.54) is 4.70 Å². The Labute approximate surface area is 126 Å². The van der Waals surface area contributed by atoms with Gasteiger partial charge in [-0.2, -0.15) is 0 Å². The van der Waals surface area contributed by atoms with E-state index in [9.17, 15) is 14.7 Å². The number of rotatable bonds is 3. The van der Waals surface area contributed by atoms with Crippen molar-refractivity contribution < 1.29 is 14.7 Å². The molecule has 0 saturated heterocycles. The summed E-state index contributed by atoms with van der Waals surface area (Å²) in [5, 5.41) is 15.2. The predicted octanol–water partition coefficient (Wildman–Crippen LogP) is 3.73. The molecule has 2 N–H and O–H groups in total. The van der Waals surface area contributed by atoms with Gasteiger partial charge < -0.3 is 10.4 Å². The van der Waals surface area contributed by atoms with Gasteiger partial charge in [0.25, 0.3) is 0 Å². The third-order valence-electron chi connectivity index (χ3n) is 4.14. The van der Waals surface area contributed by atoms with E-state index in [2.05, 4.69) is 5.32 Å². The maximum absolute atomic E-state index is 12.4. The lowest BCUT2D eigenvalue weighted by atomic mass is 9.78. The fourth-order valence-electron chi connectivity index (χ4n) is 3.02. The molecule has 2 unspecified atom stereocenters. The van der Waals surface area contributed by atoms with Crippen molar-refractivity contribution in [3.05, 3.63) is 29.6 Å². The summed E-state index contributed by atoms with van der Waals surface area (Å²) in [6, 6.07) is 7.79. The van der Waals surface area contributed by atoms with Crippen LogP contribution in [0, 0.1) is 11.8 Å². The van der Waals surface area contributed by atoms with Crippen LogP contribution in [0.2, 0.25) is 0 Å². The first kappa shape index (κ1) is 14.1. The molecule has 1 fully saturated rings. The second kappa shape index (κ2) is 5.85. The largest absolute Gasteiger partial charge is 0.481 e. The summed E-state index contributed by atoms with van der Waals surface area (Å²) in [6.45, 7) is 0. The van der Waals surface area contributed by atoms with E-state index in [1.54, 1.807) is 11.3 Å². The molecule has 0 aliphatic heterocycles. The average molecular weight is 303 g/mol. The lowest BCUT2D eigenvalue weighted by Gasteiger charge is -2.27. The summed E-state index contributed by atoms with van der Waals surface area (Å²) in [5.74, 6) is -2.00. The van der Waals surface area contributed by atoms with Gasteiger partial charge in [0.1, 0.15) is 0 Å². The molecule has 1 amide bonds. The van der Waals surface area contributed by atoms with Crippen LogP contribution < -0.4 is 5.32 Å². The second-order valence-corrected chi connectivity index (χ2v) is 6.45.